The highest BCUT2D eigenvalue weighted by Crippen LogP contribution is 2.34. The molecule has 2 nitrogen and oxygen atoms in total. The normalized spacial score (nSPS) is 9.67. The molecule has 0 atom stereocenters. The molecule has 0 N–H and O–H groups in total. The van der Waals surface area contributed by atoms with Crippen LogP contribution in [0, 0.1) is 0 Å². The number of ether oxygens (including phenoxy) is 2. The van der Waals surface area contributed by atoms with Gasteiger partial charge in [-0.25, -0.2) is 0 Å². The van der Waals surface area contributed by atoms with E-state index in [1.54, 1.807) is 26.4 Å². The Morgan fingerprint density at radius 2 is 1.67 bits per heavy atom. The lowest BCUT2D eigenvalue weighted by Crippen LogP contribution is -1.90. The molecule has 0 amide bonds. The largest absolute Gasteiger partial charge is 0.493 e. The van der Waals surface area contributed by atoms with E-state index in [2.05, 4.69) is 12.6 Å². The van der Waals surface area contributed by atoms with E-state index in [4.69, 9.17) is 21.1 Å². The molecule has 0 unspecified atom stereocenters. The molecule has 0 saturated carbocycles. The standard InChI is InChI=1S/C8H9ClO2S/c1-10-6-3-5(9)8(12)4-7(6)11-2/h3-4,12H,1-2H3. The van der Waals surface area contributed by atoms with Crippen LogP contribution in [0.4, 0.5) is 0 Å². The van der Waals surface area contributed by atoms with Gasteiger partial charge in [0.05, 0.1) is 19.2 Å². The van der Waals surface area contributed by atoms with Gasteiger partial charge in [-0.3, -0.25) is 0 Å². The molecule has 0 heterocycles. The molecule has 0 aliphatic carbocycles. The zero-order valence-corrected chi connectivity index (χ0v) is 8.45. The highest BCUT2D eigenvalue weighted by molar-refractivity contribution is 7.80. The van der Waals surface area contributed by atoms with Crippen LogP contribution < -0.4 is 9.47 Å². The Morgan fingerprint density at radius 3 is 2.17 bits per heavy atom. The fourth-order valence-electron chi connectivity index (χ4n) is 0.843. The Kier molecular flexibility index (Phi) is 3.12. The maximum Gasteiger partial charge on any atom is 0.162 e. The van der Waals surface area contributed by atoms with Crippen molar-refractivity contribution in [2.45, 2.75) is 4.90 Å². The Morgan fingerprint density at radius 1 is 1.17 bits per heavy atom. The zero-order valence-electron chi connectivity index (χ0n) is 6.80. The third-order valence-corrected chi connectivity index (χ3v) is 2.27. The third-order valence-electron chi connectivity index (χ3n) is 1.45. The highest BCUT2D eigenvalue weighted by atomic mass is 35.5. The van der Waals surface area contributed by atoms with E-state index in [1.807, 2.05) is 0 Å². The van der Waals surface area contributed by atoms with Gasteiger partial charge >= 0.3 is 0 Å². The first-order chi connectivity index (χ1) is 5.69. The van der Waals surface area contributed by atoms with Crippen LogP contribution in [-0.4, -0.2) is 14.2 Å². The SMILES string of the molecule is COc1cc(S)c(Cl)cc1OC. The van der Waals surface area contributed by atoms with Crippen molar-refractivity contribution in [1.82, 2.24) is 0 Å². The van der Waals surface area contributed by atoms with Crippen LogP contribution >= 0.6 is 24.2 Å². The number of rotatable bonds is 2. The second kappa shape index (κ2) is 3.92. The van der Waals surface area contributed by atoms with E-state index < -0.39 is 0 Å². The molecule has 0 aliphatic rings. The summed E-state index contributed by atoms with van der Waals surface area (Å²) in [4.78, 5) is 0.675. The van der Waals surface area contributed by atoms with Gasteiger partial charge in [-0.15, -0.1) is 12.6 Å². The lowest BCUT2D eigenvalue weighted by Gasteiger charge is -2.08. The van der Waals surface area contributed by atoms with Crippen LogP contribution in [0.1, 0.15) is 0 Å². The first kappa shape index (κ1) is 9.55. The van der Waals surface area contributed by atoms with Crippen LogP contribution in [0.3, 0.4) is 0 Å². The lowest BCUT2D eigenvalue weighted by molar-refractivity contribution is 0.354. The lowest BCUT2D eigenvalue weighted by atomic mass is 10.3. The van der Waals surface area contributed by atoms with Crippen molar-refractivity contribution < 1.29 is 9.47 Å². The van der Waals surface area contributed by atoms with Crippen molar-refractivity contribution in [1.29, 1.82) is 0 Å². The first-order valence-electron chi connectivity index (χ1n) is 3.29. The molecule has 0 saturated heterocycles. The van der Waals surface area contributed by atoms with Gasteiger partial charge in [-0.1, -0.05) is 11.6 Å². The minimum absolute atomic E-state index is 0.552. The molecule has 12 heavy (non-hydrogen) atoms. The van der Waals surface area contributed by atoms with Crippen molar-refractivity contribution >= 4 is 24.2 Å². The van der Waals surface area contributed by atoms with Crippen LogP contribution in [0.25, 0.3) is 0 Å². The van der Waals surface area contributed by atoms with E-state index in [1.165, 1.54) is 0 Å². The highest BCUT2D eigenvalue weighted by Gasteiger charge is 2.06. The Balaban J connectivity index is 3.19. The molecule has 0 aromatic heterocycles. The van der Waals surface area contributed by atoms with E-state index in [0.29, 0.717) is 21.4 Å². The summed E-state index contributed by atoms with van der Waals surface area (Å²) in [6.45, 7) is 0. The van der Waals surface area contributed by atoms with Crippen molar-refractivity contribution in [3.05, 3.63) is 17.2 Å². The van der Waals surface area contributed by atoms with Gasteiger partial charge in [0.25, 0.3) is 0 Å². The molecular formula is C8H9ClO2S. The number of methoxy groups -OCH3 is 2. The Labute approximate surface area is 81.8 Å². The monoisotopic (exact) mass is 204 g/mol. The van der Waals surface area contributed by atoms with Crippen LogP contribution in [0.2, 0.25) is 5.02 Å². The predicted molar refractivity (Wildman–Crippen MR) is 51.8 cm³/mol. The summed E-state index contributed by atoms with van der Waals surface area (Å²) >= 11 is 9.95. The van der Waals surface area contributed by atoms with Crippen molar-refractivity contribution in [3.8, 4) is 11.5 Å². The average Bonchev–Trinajstić information content (AvgIpc) is 2.09. The molecule has 0 bridgehead atoms. The second-order valence-corrected chi connectivity index (χ2v) is 3.05. The van der Waals surface area contributed by atoms with Gasteiger partial charge in [-0.05, 0) is 6.07 Å². The first-order valence-corrected chi connectivity index (χ1v) is 4.12. The van der Waals surface area contributed by atoms with Crippen molar-refractivity contribution in [2.24, 2.45) is 0 Å². The van der Waals surface area contributed by atoms with Crippen LogP contribution in [0.15, 0.2) is 17.0 Å². The maximum absolute atomic E-state index is 5.81. The molecule has 0 radical (unpaired) electrons. The fraction of sp³-hybridized carbons (Fsp3) is 0.250. The summed E-state index contributed by atoms with van der Waals surface area (Å²) in [6.07, 6.45) is 0. The van der Waals surface area contributed by atoms with Gasteiger partial charge in [0.15, 0.2) is 11.5 Å². The molecule has 66 valence electrons. The zero-order chi connectivity index (χ0) is 9.14. The molecule has 0 aliphatic heterocycles. The number of hydrogen-bond donors (Lipinski definition) is 1. The third kappa shape index (κ3) is 1.79. The Hall–Kier alpha value is -0.540. The van der Waals surface area contributed by atoms with Gasteiger partial charge in [0.2, 0.25) is 0 Å². The Bertz CT molecular complexity index is 260. The summed E-state index contributed by atoms with van der Waals surface area (Å²) in [5, 5.41) is 0.552. The number of thiol groups is 1. The number of halogens is 1. The average molecular weight is 205 g/mol. The second-order valence-electron chi connectivity index (χ2n) is 2.16. The van der Waals surface area contributed by atoms with Gasteiger partial charge in [0, 0.05) is 11.0 Å². The number of hydrogen-bond acceptors (Lipinski definition) is 3. The topological polar surface area (TPSA) is 18.5 Å². The summed E-state index contributed by atoms with van der Waals surface area (Å²) in [7, 11) is 3.13. The smallest absolute Gasteiger partial charge is 0.162 e. The van der Waals surface area contributed by atoms with E-state index >= 15 is 0 Å². The van der Waals surface area contributed by atoms with E-state index in [9.17, 15) is 0 Å². The molecule has 1 aromatic carbocycles. The number of benzene rings is 1. The predicted octanol–water partition coefficient (Wildman–Crippen LogP) is 2.65. The summed E-state index contributed by atoms with van der Waals surface area (Å²) in [5.74, 6) is 1.24. The molecular weight excluding hydrogens is 196 g/mol. The van der Waals surface area contributed by atoms with Gasteiger partial charge in [-0.2, -0.15) is 0 Å². The summed E-state index contributed by atoms with van der Waals surface area (Å²) in [6, 6.07) is 3.38. The minimum atomic E-state index is 0.552. The maximum atomic E-state index is 5.81. The fourth-order valence-corrected chi connectivity index (χ4v) is 1.18. The molecule has 1 rings (SSSR count). The minimum Gasteiger partial charge on any atom is -0.493 e. The van der Waals surface area contributed by atoms with E-state index in [-0.39, 0.29) is 0 Å². The molecule has 1 aromatic rings. The van der Waals surface area contributed by atoms with E-state index in [0.717, 1.165) is 0 Å². The summed E-state index contributed by atoms with van der Waals surface area (Å²) < 4.78 is 10.1. The molecule has 0 fully saturated rings. The molecule has 4 heteroatoms. The van der Waals surface area contributed by atoms with Crippen molar-refractivity contribution in [3.63, 3.8) is 0 Å². The van der Waals surface area contributed by atoms with Crippen molar-refractivity contribution in [2.75, 3.05) is 14.2 Å². The quantitative estimate of drug-likeness (QED) is 0.747. The van der Waals surface area contributed by atoms with Gasteiger partial charge in [0.1, 0.15) is 0 Å². The van der Waals surface area contributed by atoms with Gasteiger partial charge < -0.3 is 9.47 Å². The van der Waals surface area contributed by atoms with Crippen LogP contribution in [0.5, 0.6) is 11.5 Å². The summed E-state index contributed by atoms with van der Waals surface area (Å²) in [5.41, 5.74) is 0. The molecule has 0 spiro atoms. The van der Waals surface area contributed by atoms with Crippen LogP contribution in [-0.2, 0) is 0 Å².